The van der Waals surface area contributed by atoms with Crippen LogP contribution in [0.15, 0.2) is 47.3 Å². The van der Waals surface area contributed by atoms with Crippen molar-refractivity contribution < 1.29 is 0 Å². The van der Waals surface area contributed by atoms with E-state index in [9.17, 15) is 0 Å². The van der Waals surface area contributed by atoms with Crippen molar-refractivity contribution in [1.29, 1.82) is 0 Å². The summed E-state index contributed by atoms with van der Waals surface area (Å²) in [4.78, 5) is 10.0. The molecule has 0 saturated heterocycles. The van der Waals surface area contributed by atoms with Crippen LogP contribution in [0, 0.1) is 20.8 Å². The van der Waals surface area contributed by atoms with Crippen LogP contribution in [0.5, 0.6) is 0 Å². The van der Waals surface area contributed by atoms with Crippen molar-refractivity contribution in [2.75, 3.05) is 0 Å². The van der Waals surface area contributed by atoms with Crippen molar-refractivity contribution in [2.45, 2.75) is 40.3 Å². The molecule has 0 spiro atoms. The van der Waals surface area contributed by atoms with Crippen molar-refractivity contribution in [2.24, 2.45) is 4.99 Å². The zero-order valence-corrected chi connectivity index (χ0v) is 14.7. The molecule has 2 aromatic heterocycles. The number of hydrogen-bond donors (Lipinski definition) is 0. The van der Waals surface area contributed by atoms with Crippen LogP contribution in [0.4, 0.5) is 5.69 Å². The van der Waals surface area contributed by atoms with Crippen LogP contribution in [0.2, 0.25) is 0 Å². The summed E-state index contributed by atoms with van der Waals surface area (Å²) in [6, 6.07) is 6.41. The largest absolute Gasteiger partial charge is 0.337 e. The predicted octanol–water partition coefficient (Wildman–Crippen LogP) is 3.99. The molecule has 0 saturated carbocycles. The third-order valence-corrected chi connectivity index (χ3v) is 4.90. The molecule has 0 amide bonds. The Morgan fingerprint density at radius 1 is 1.17 bits per heavy atom. The number of hydrogen-bond acceptors (Lipinski definition) is 3. The minimum atomic E-state index is 0.969. The van der Waals surface area contributed by atoms with E-state index in [4.69, 9.17) is 4.99 Å². The lowest BCUT2D eigenvalue weighted by atomic mass is 10.1. The van der Waals surface area contributed by atoms with Crippen LogP contribution >= 0.6 is 11.3 Å². The number of rotatable bonds is 5. The molecule has 3 aromatic rings. The maximum Gasteiger partial charge on any atom is 0.190 e. The summed E-state index contributed by atoms with van der Waals surface area (Å²) >= 11 is 1.71. The van der Waals surface area contributed by atoms with Crippen molar-refractivity contribution in [1.82, 2.24) is 14.1 Å². The lowest BCUT2D eigenvalue weighted by molar-refractivity contribution is 0.548. The molecule has 23 heavy (non-hydrogen) atoms. The van der Waals surface area contributed by atoms with Crippen LogP contribution in [0.25, 0.3) is 0 Å². The molecular formula is C18H22N4S. The lowest BCUT2D eigenvalue weighted by Gasteiger charge is -2.07. The molecule has 0 aliphatic heterocycles. The zero-order chi connectivity index (χ0) is 16.2. The first-order valence-corrected chi connectivity index (χ1v) is 8.74. The van der Waals surface area contributed by atoms with Crippen molar-refractivity contribution in [3.63, 3.8) is 0 Å². The van der Waals surface area contributed by atoms with Gasteiger partial charge in [-0.3, -0.25) is 0 Å². The van der Waals surface area contributed by atoms with Gasteiger partial charge in [0.1, 0.15) is 0 Å². The van der Waals surface area contributed by atoms with Gasteiger partial charge in [0.05, 0.1) is 12.0 Å². The fourth-order valence-electron chi connectivity index (χ4n) is 2.64. The van der Waals surface area contributed by atoms with Crippen LogP contribution in [0.1, 0.15) is 23.2 Å². The molecule has 0 radical (unpaired) electrons. The Morgan fingerprint density at radius 3 is 2.78 bits per heavy atom. The van der Waals surface area contributed by atoms with E-state index in [2.05, 4.69) is 58.5 Å². The number of nitrogens with zero attached hydrogens (tertiary/aromatic N) is 4. The van der Waals surface area contributed by atoms with Crippen molar-refractivity contribution in [3.05, 3.63) is 63.9 Å². The third kappa shape index (κ3) is 3.79. The summed E-state index contributed by atoms with van der Waals surface area (Å²) in [7, 11) is 0. The highest BCUT2D eigenvalue weighted by Gasteiger charge is 2.03. The van der Waals surface area contributed by atoms with Crippen LogP contribution in [-0.2, 0) is 13.1 Å². The standard InChI is InChI=1S/C18H22N4S/c1-14-5-6-17(15(2)11-14)20-18-22(16(3)12-23-18)9-4-8-21-10-7-19-13-21/h5-7,10-13H,4,8-9H2,1-3H3. The Kier molecular flexibility index (Phi) is 4.76. The summed E-state index contributed by atoms with van der Waals surface area (Å²) < 4.78 is 4.42. The first kappa shape index (κ1) is 15.7. The topological polar surface area (TPSA) is 35.1 Å². The smallest absolute Gasteiger partial charge is 0.190 e. The Bertz CT molecular complexity index is 840. The maximum atomic E-state index is 4.88. The molecule has 0 fully saturated rings. The number of benzene rings is 1. The second kappa shape index (κ2) is 6.96. The molecule has 0 atom stereocenters. The highest BCUT2D eigenvalue weighted by Crippen LogP contribution is 2.19. The summed E-state index contributed by atoms with van der Waals surface area (Å²) in [6.07, 6.45) is 6.76. The SMILES string of the molecule is Cc1ccc(N=c2scc(C)n2CCCn2ccnc2)c(C)c1. The van der Waals surface area contributed by atoms with Gasteiger partial charge in [-0.2, -0.15) is 0 Å². The minimum Gasteiger partial charge on any atom is -0.337 e. The Morgan fingerprint density at radius 2 is 2.04 bits per heavy atom. The van der Waals surface area contributed by atoms with E-state index in [0.717, 1.165) is 30.0 Å². The molecule has 2 heterocycles. The van der Waals surface area contributed by atoms with Crippen LogP contribution in [0.3, 0.4) is 0 Å². The maximum absolute atomic E-state index is 4.88. The summed E-state index contributed by atoms with van der Waals surface area (Å²) in [6.45, 7) is 8.33. The quantitative estimate of drug-likeness (QED) is 0.698. The monoisotopic (exact) mass is 326 g/mol. The fourth-order valence-corrected chi connectivity index (χ4v) is 3.56. The Hall–Kier alpha value is -2.14. The molecule has 0 aliphatic carbocycles. The number of aryl methyl sites for hydroxylation is 4. The lowest BCUT2D eigenvalue weighted by Crippen LogP contribution is -2.17. The number of aromatic nitrogens is 3. The summed E-state index contributed by atoms with van der Waals surface area (Å²) in [5.41, 5.74) is 4.82. The highest BCUT2D eigenvalue weighted by atomic mass is 32.1. The van der Waals surface area contributed by atoms with Gasteiger partial charge in [0, 0.05) is 36.6 Å². The molecule has 5 heteroatoms. The molecule has 0 bridgehead atoms. The molecule has 3 rings (SSSR count). The van der Waals surface area contributed by atoms with Gasteiger partial charge in [-0.15, -0.1) is 11.3 Å². The van der Waals surface area contributed by atoms with E-state index in [0.29, 0.717) is 0 Å². The Labute approximate surface area is 140 Å². The van der Waals surface area contributed by atoms with Gasteiger partial charge in [-0.05, 0) is 38.8 Å². The van der Waals surface area contributed by atoms with E-state index in [1.807, 2.05) is 18.7 Å². The van der Waals surface area contributed by atoms with Gasteiger partial charge in [0.2, 0.25) is 0 Å². The number of imidazole rings is 1. The Balaban J connectivity index is 1.81. The minimum absolute atomic E-state index is 0.969. The number of thiazole rings is 1. The molecule has 1 aromatic carbocycles. The fraction of sp³-hybridized carbons (Fsp3) is 0.333. The molecule has 0 unspecified atom stereocenters. The highest BCUT2D eigenvalue weighted by molar-refractivity contribution is 7.07. The van der Waals surface area contributed by atoms with Crippen molar-refractivity contribution >= 4 is 17.0 Å². The molecular weight excluding hydrogens is 304 g/mol. The van der Waals surface area contributed by atoms with E-state index >= 15 is 0 Å². The molecule has 0 N–H and O–H groups in total. The van der Waals surface area contributed by atoms with E-state index in [-0.39, 0.29) is 0 Å². The van der Waals surface area contributed by atoms with Gasteiger partial charge in [0.25, 0.3) is 0 Å². The van der Waals surface area contributed by atoms with Gasteiger partial charge < -0.3 is 9.13 Å². The first-order valence-electron chi connectivity index (χ1n) is 7.86. The van der Waals surface area contributed by atoms with Gasteiger partial charge >= 0.3 is 0 Å². The molecule has 120 valence electrons. The van der Waals surface area contributed by atoms with Crippen LogP contribution in [-0.4, -0.2) is 14.1 Å². The van der Waals surface area contributed by atoms with E-state index in [1.54, 1.807) is 11.3 Å². The summed E-state index contributed by atoms with van der Waals surface area (Å²) in [5.74, 6) is 0. The zero-order valence-electron chi connectivity index (χ0n) is 13.9. The summed E-state index contributed by atoms with van der Waals surface area (Å²) in [5, 5.41) is 2.18. The van der Waals surface area contributed by atoms with E-state index < -0.39 is 0 Å². The predicted molar refractivity (Wildman–Crippen MR) is 95.0 cm³/mol. The van der Waals surface area contributed by atoms with Crippen molar-refractivity contribution in [3.8, 4) is 0 Å². The average molecular weight is 326 g/mol. The van der Waals surface area contributed by atoms with Gasteiger partial charge in [0.15, 0.2) is 4.80 Å². The molecule has 0 aliphatic rings. The molecule has 4 nitrogen and oxygen atoms in total. The first-order chi connectivity index (χ1) is 11.1. The van der Waals surface area contributed by atoms with E-state index in [1.165, 1.54) is 16.8 Å². The third-order valence-electron chi connectivity index (χ3n) is 3.92. The van der Waals surface area contributed by atoms with Gasteiger partial charge in [-0.25, -0.2) is 9.98 Å². The second-order valence-corrected chi connectivity index (χ2v) is 6.70. The van der Waals surface area contributed by atoms with Gasteiger partial charge in [-0.1, -0.05) is 17.7 Å². The normalized spacial score (nSPS) is 12.0. The average Bonchev–Trinajstić information content (AvgIpc) is 3.14. The second-order valence-electron chi connectivity index (χ2n) is 5.87. The van der Waals surface area contributed by atoms with Crippen LogP contribution < -0.4 is 4.80 Å².